The first-order valence-electron chi connectivity index (χ1n) is 6.02. The summed E-state index contributed by atoms with van der Waals surface area (Å²) in [5.41, 5.74) is 0. The van der Waals surface area contributed by atoms with Crippen LogP contribution < -0.4 is 10.6 Å². The summed E-state index contributed by atoms with van der Waals surface area (Å²) in [5.74, 6) is 0.380. The highest BCUT2D eigenvalue weighted by molar-refractivity contribution is 7.15. The van der Waals surface area contributed by atoms with E-state index in [2.05, 4.69) is 34.7 Å². The van der Waals surface area contributed by atoms with E-state index in [-0.39, 0.29) is 5.91 Å². The molecule has 1 aliphatic heterocycles. The lowest BCUT2D eigenvalue weighted by atomic mass is 10.1. The van der Waals surface area contributed by atoms with E-state index in [0.29, 0.717) is 23.5 Å². The molecule has 2 heterocycles. The third-order valence-electron chi connectivity index (χ3n) is 2.78. The number of anilines is 1. The Kier molecular flexibility index (Phi) is 4.06. The van der Waals surface area contributed by atoms with E-state index in [1.165, 1.54) is 11.3 Å². The number of amides is 1. The molecule has 1 aromatic rings. The van der Waals surface area contributed by atoms with Gasteiger partial charge in [-0.3, -0.25) is 4.79 Å². The first kappa shape index (κ1) is 12.4. The Labute approximate surface area is 105 Å². The van der Waals surface area contributed by atoms with Gasteiger partial charge in [0.2, 0.25) is 11.0 Å². The van der Waals surface area contributed by atoms with Crippen LogP contribution in [-0.4, -0.2) is 28.7 Å². The summed E-state index contributed by atoms with van der Waals surface area (Å²) in [5, 5.41) is 15.7. The largest absolute Gasteiger partial charge is 0.313 e. The van der Waals surface area contributed by atoms with Gasteiger partial charge in [0.25, 0.3) is 0 Å². The van der Waals surface area contributed by atoms with Crippen LogP contribution >= 0.6 is 11.3 Å². The summed E-state index contributed by atoms with van der Waals surface area (Å²) in [6.07, 6.45) is 2.77. The summed E-state index contributed by atoms with van der Waals surface area (Å²) in [7, 11) is 0. The Morgan fingerprint density at radius 2 is 2.41 bits per heavy atom. The van der Waals surface area contributed by atoms with Crippen LogP contribution in [-0.2, 0) is 4.79 Å². The molecule has 5 nitrogen and oxygen atoms in total. The van der Waals surface area contributed by atoms with Crippen LogP contribution in [0.3, 0.4) is 0 Å². The molecule has 0 aromatic carbocycles. The van der Waals surface area contributed by atoms with Crippen LogP contribution in [0.15, 0.2) is 0 Å². The molecule has 17 heavy (non-hydrogen) atoms. The number of nitrogens with zero attached hydrogens (tertiary/aromatic N) is 2. The molecule has 0 saturated carbocycles. The van der Waals surface area contributed by atoms with Gasteiger partial charge < -0.3 is 10.6 Å². The Balaban J connectivity index is 1.84. The van der Waals surface area contributed by atoms with E-state index in [1.807, 2.05) is 0 Å². The number of aromatic nitrogens is 2. The molecule has 0 aliphatic carbocycles. The van der Waals surface area contributed by atoms with Gasteiger partial charge >= 0.3 is 0 Å². The number of hydrogen-bond donors (Lipinski definition) is 2. The fourth-order valence-corrected chi connectivity index (χ4v) is 2.61. The van der Waals surface area contributed by atoms with Crippen molar-refractivity contribution in [3.05, 3.63) is 5.01 Å². The predicted molar refractivity (Wildman–Crippen MR) is 68.3 cm³/mol. The van der Waals surface area contributed by atoms with Crippen molar-refractivity contribution in [1.29, 1.82) is 0 Å². The molecule has 0 bridgehead atoms. The monoisotopic (exact) mass is 254 g/mol. The van der Waals surface area contributed by atoms with E-state index < -0.39 is 0 Å². The van der Waals surface area contributed by atoms with Crippen molar-refractivity contribution in [2.45, 2.75) is 45.1 Å². The van der Waals surface area contributed by atoms with Crippen LogP contribution in [0.25, 0.3) is 0 Å². The fraction of sp³-hybridized carbons (Fsp3) is 0.727. The molecule has 1 unspecified atom stereocenters. The van der Waals surface area contributed by atoms with E-state index in [0.717, 1.165) is 24.4 Å². The zero-order valence-electron chi connectivity index (χ0n) is 10.2. The molecular formula is C11H18N4OS. The second-order valence-electron chi connectivity index (χ2n) is 4.65. The summed E-state index contributed by atoms with van der Waals surface area (Å²) in [6, 6.07) is 0.326. The molecule has 94 valence electrons. The molecule has 2 rings (SSSR count). The first-order valence-corrected chi connectivity index (χ1v) is 6.83. The standard InChI is InChI=1S/C11H18N4OS/c1-7(2)10-14-15-11(17-10)13-9(16)6-8-4-3-5-12-8/h7-8,12H,3-6H2,1-2H3,(H,13,15,16). The number of hydrogen-bond acceptors (Lipinski definition) is 5. The van der Waals surface area contributed by atoms with Gasteiger partial charge in [0, 0.05) is 18.4 Å². The molecule has 1 aliphatic rings. The minimum Gasteiger partial charge on any atom is -0.313 e. The summed E-state index contributed by atoms with van der Waals surface area (Å²) >= 11 is 1.45. The van der Waals surface area contributed by atoms with Crippen molar-refractivity contribution in [3.63, 3.8) is 0 Å². The normalized spacial score (nSPS) is 19.8. The van der Waals surface area contributed by atoms with Crippen molar-refractivity contribution >= 4 is 22.4 Å². The molecule has 0 spiro atoms. The van der Waals surface area contributed by atoms with Gasteiger partial charge in [-0.1, -0.05) is 25.2 Å². The molecule has 0 radical (unpaired) electrons. The van der Waals surface area contributed by atoms with Crippen molar-refractivity contribution in [2.24, 2.45) is 0 Å². The molecule has 6 heteroatoms. The number of nitrogens with one attached hydrogen (secondary N) is 2. The average molecular weight is 254 g/mol. The third kappa shape index (κ3) is 3.47. The zero-order chi connectivity index (χ0) is 12.3. The minimum atomic E-state index is 0.0239. The van der Waals surface area contributed by atoms with Gasteiger partial charge in [-0.05, 0) is 19.4 Å². The molecular weight excluding hydrogens is 236 g/mol. The second kappa shape index (κ2) is 5.55. The Morgan fingerprint density at radius 1 is 1.59 bits per heavy atom. The number of carbonyl (C=O) groups excluding carboxylic acids is 1. The van der Waals surface area contributed by atoms with Gasteiger partial charge in [-0.25, -0.2) is 0 Å². The van der Waals surface area contributed by atoms with Crippen molar-refractivity contribution in [2.75, 3.05) is 11.9 Å². The van der Waals surface area contributed by atoms with Gasteiger partial charge in [0.05, 0.1) is 0 Å². The maximum atomic E-state index is 11.7. The highest BCUT2D eigenvalue weighted by Crippen LogP contribution is 2.22. The topological polar surface area (TPSA) is 66.9 Å². The lowest BCUT2D eigenvalue weighted by molar-refractivity contribution is -0.116. The van der Waals surface area contributed by atoms with Gasteiger partial charge in [0.15, 0.2) is 0 Å². The molecule has 1 saturated heterocycles. The van der Waals surface area contributed by atoms with Gasteiger partial charge in [0.1, 0.15) is 5.01 Å². The SMILES string of the molecule is CC(C)c1nnc(NC(=O)CC2CCCN2)s1. The average Bonchev–Trinajstić information content (AvgIpc) is 2.88. The first-order chi connectivity index (χ1) is 8.15. The summed E-state index contributed by atoms with van der Waals surface area (Å²) in [6.45, 7) is 5.15. The van der Waals surface area contributed by atoms with Crippen molar-refractivity contribution in [3.8, 4) is 0 Å². The number of rotatable bonds is 4. The lowest BCUT2D eigenvalue weighted by Gasteiger charge is -2.08. The fourth-order valence-electron chi connectivity index (χ4n) is 1.84. The number of carbonyl (C=O) groups is 1. The Bertz CT molecular complexity index is 385. The van der Waals surface area contributed by atoms with Crippen LogP contribution in [0, 0.1) is 0 Å². The predicted octanol–water partition coefficient (Wildman–Crippen LogP) is 1.74. The smallest absolute Gasteiger partial charge is 0.227 e. The van der Waals surface area contributed by atoms with E-state index in [9.17, 15) is 4.79 Å². The van der Waals surface area contributed by atoms with Crippen molar-refractivity contribution < 1.29 is 4.79 Å². The highest BCUT2D eigenvalue weighted by Gasteiger charge is 2.18. The minimum absolute atomic E-state index is 0.0239. The molecule has 1 amide bonds. The van der Waals surface area contributed by atoms with E-state index >= 15 is 0 Å². The van der Waals surface area contributed by atoms with Crippen LogP contribution in [0.5, 0.6) is 0 Å². The van der Waals surface area contributed by atoms with E-state index in [1.54, 1.807) is 0 Å². The zero-order valence-corrected chi connectivity index (χ0v) is 11.0. The Hall–Kier alpha value is -1.01. The molecule has 1 atom stereocenters. The second-order valence-corrected chi connectivity index (χ2v) is 5.65. The summed E-state index contributed by atoms with van der Waals surface area (Å²) in [4.78, 5) is 11.7. The van der Waals surface area contributed by atoms with Gasteiger partial charge in [-0.2, -0.15) is 0 Å². The molecule has 2 N–H and O–H groups in total. The van der Waals surface area contributed by atoms with E-state index in [4.69, 9.17) is 0 Å². The highest BCUT2D eigenvalue weighted by atomic mass is 32.1. The maximum absolute atomic E-state index is 11.7. The molecule has 1 fully saturated rings. The summed E-state index contributed by atoms with van der Waals surface area (Å²) < 4.78 is 0. The maximum Gasteiger partial charge on any atom is 0.227 e. The van der Waals surface area contributed by atoms with Crippen LogP contribution in [0.1, 0.15) is 44.0 Å². The van der Waals surface area contributed by atoms with Gasteiger partial charge in [-0.15, -0.1) is 10.2 Å². The quantitative estimate of drug-likeness (QED) is 0.859. The van der Waals surface area contributed by atoms with Crippen LogP contribution in [0.2, 0.25) is 0 Å². The van der Waals surface area contributed by atoms with Crippen LogP contribution in [0.4, 0.5) is 5.13 Å². The van der Waals surface area contributed by atoms with Crippen molar-refractivity contribution in [1.82, 2.24) is 15.5 Å². The molecule has 1 aromatic heterocycles. The lowest BCUT2D eigenvalue weighted by Crippen LogP contribution is -2.27. The third-order valence-corrected chi connectivity index (χ3v) is 3.91. The Morgan fingerprint density at radius 3 is 3.00 bits per heavy atom.